The molecule has 0 aromatic carbocycles. The van der Waals surface area contributed by atoms with Gasteiger partial charge in [-0.3, -0.25) is 0 Å². The predicted octanol–water partition coefficient (Wildman–Crippen LogP) is 3.01. The van der Waals surface area contributed by atoms with Gasteiger partial charge >= 0.3 is 0 Å². The smallest absolute Gasteiger partial charge is 0.285 e. The molecular formula is C15H32O4Si. The fourth-order valence-corrected chi connectivity index (χ4v) is 2.49. The van der Waals surface area contributed by atoms with Crippen molar-refractivity contribution < 1.29 is 18.6 Å². The molecule has 0 aliphatic rings. The van der Waals surface area contributed by atoms with Crippen molar-refractivity contribution in [1.29, 1.82) is 0 Å². The highest BCUT2D eigenvalue weighted by Crippen LogP contribution is 2.26. The average molecular weight is 305 g/mol. The van der Waals surface area contributed by atoms with E-state index >= 15 is 0 Å². The first-order valence-corrected chi connectivity index (χ1v) is 9.11. The second-order valence-corrected chi connectivity index (χ2v) is 7.02. The standard InChI is InChI=1S/C15H32O4Si/c1-8-11-20-16-10-9-15(17-12(2)3,18-13(4)5)19-14(6)7/h8,12-14H,1,9-11,20H2,2-7H3. The summed E-state index contributed by atoms with van der Waals surface area (Å²) in [5.41, 5.74) is 0. The van der Waals surface area contributed by atoms with E-state index < -0.39 is 15.7 Å². The molecule has 0 saturated heterocycles. The van der Waals surface area contributed by atoms with Crippen LogP contribution in [0.2, 0.25) is 6.04 Å². The van der Waals surface area contributed by atoms with Crippen LogP contribution in [0.5, 0.6) is 0 Å². The van der Waals surface area contributed by atoms with Gasteiger partial charge < -0.3 is 18.6 Å². The second kappa shape index (κ2) is 10.5. The second-order valence-electron chi connectivity index (χ2n) is 5.62. The lowest BCUT2D eigenvalue weighted by Crippen LogP contribution is -2.45. The van der Waals surface area contributed by atoms with Gasteiger partial charge in [0.25, 0.3) is 5.97 Å². The summed E-state index contributed by atoms with van der Waals surface area (Å²) in [6, 6.07) is 0.980. The van der Waals surface area contributed by atoms with Crippen LogP contribution in [-0.2, 0) is 18.6 Å². The Labute approximate surface area is 126 Å². The first kappa shape index (κ1) is 19.8. The quantitative estimate of drug-likeness (QED) is 0.240. The van der Waals surface area contributed by atoms with Gasteiger partial charge in [0, 0.05) is 6.61 Å². The van der Waals surface area contributed by atoms with Crippen LogP contribution in [-0.4, -0.2) is 40.7 Å². The van der Waals surface area contributed by atoms with Crippen molar-refractivity contribution in [3.8, 4) is 0 Å². The van der Waals surface area contributed by atoms with E-state index in [0.29, 0.717) is 13.0 Å². The summed E-state index contributed by atoms with van der Waals surface area (Å²) in [7, 11) is -0.523. The van der Waals surface area contributed by atoms with Crippen molar-refractivity contribution in [2.24, 2.45) is 0 Å². The van der Waals surface area contributed by atoms with Gasteiger partial charge in [-0.1, -0.05) is 6.08 Å². The van der Waals surface area contributed by atoms with Gasteiger partial charge in [0.1, 0.15) is 0 Å². The van der Waals surface area contributed by atoms with Crippen molar-refractivity contribution in [1.82, 2.24) is 0 Å². The summed E-state index contributed by atoms with van der Waals surface area (Å²) in [5.74, 6) is -1.01. The molecule has 0 saturated carbocycles. The molecule has 0 bridgehead atoms. The van der Waals surface area contributed by atoms with Crippen molar-refractivity contribution in [3.63, 3.8) is 0 Å². The van der Waals surface area contributed by atoms with Crippen molar-refractivity contribution in [2.75, 3.05) is 6.61 Å². The van der Waals surface area contributed by atoms with E-state index in [0.717, 1.165) is 6.04 Å². The van der Waals surface area contributed by atoms with E-state index in [9.17, 15) is 0 Å². The third-order valence-corrected chi connectivity index (χ3v) is 3.49. The van der Waals surface area contributed by atoms with Crippen LogP contribution in [0.1, 0.15) is 48.0 Å². The summed E-state index contributed by atoms with van der Waals surface area (Å²) in [5, 5.41) is 0. The lowest BCUT2D eigenvalue weighted by Gasteiger charge is -2.37. The van der Waals surface area contributed by atoms with Gasteiger partial charge in [0.2, 0.25) is 0 Å². The molecule has 0 amide bonds. The average Bonchev–Trinajstić information content (AvgIpc) is 2.25. The Hall–Kier alpha value is -0.203. The van der Waals surface area contributed by atoms with E-state index in [1.807, 2.05) is 47.6 Å². The van der Waals surface area contributed by atoms with Crippen LogP contribution in [0.4, 0.5) is 0 Å². The maximum absolute atomic E-state index is 5.94. The molecule has 0 aliphatic heterocycles. The maximum atomic E-state index is 5.94. The molecule has 20 heavy (non-hydrogen) atoms. The number of allylic oxidation sites excluding steroid dienone is 1. The normalized spacial score (nSPS) is 13.2. The van der Waals surface area contributed by atoms with Crippen LogP contribution in [0.15, 0.2) is 12.7 Å². The third kappa shape index (κ3) is 9.66. The van der Waals surface area contributed by atoms with Gasteiger partial charge in [-0.2, -0.15) is 0 Å². The SMILES string of the molecule is C=CC[SiH2]OCCC(OC(C)C)(OC(C)C)OC(C)C. The van der Waals surface area contributed by atoms with E-state index in [4.69, 9.17) is 18.6 Å². The molecule has 0 fully saturated rings. The van der Waals surface area contributed by atoms with E-state index in [-0.39, 0.29) is 18.3 Å². The first-order valence-electron chi connectivity index (χ1n) is 7.53. The van der Waals surface area contributed by atoms with Crippen molar-refractivity contribution in [3.05, 3.63) is 12.7 Å². The zero-order chi connectivity index (χ0) is 15.6. The highest BCUT2D eigenvalue weighted by molar-refractivity contribution is 6.27. The summed E-state index contributed by atoms with van der Waals surface area (Å²) >= 11 is 0. The Kier molecular flexibility index (Phi) is 10.4. The Morgan fingerprint density at radius 1 is 0.950 bits per heavy atom. The summed E-state index contributed by atoms with van der Waals surface area (Å²) in [6.45, 7) is 16.2. The molecule has 0 aromatic heterocycles. The summed E-state index contributed by atoms with van der Waals surface area (Å²) < 4.78 is 23.5. The third-order valence-electron chi connectivity index (χ3n) is 2.26. The molecule has 120 valence electrons. The fraction of sp³-hybridized carbons (Fsp3) is 0.867. The largest absolute Gasteiger partial charge is 0.423 e. The zero-order valence-electron chi connectivity index (χ0n) is 14.0. The van der Waals surface area contributed by atoms with Crippen LogP contribution >= 0.6 is 0 Å². The zero-order valence-corrected chi connectivity index (χ0v) is 15.4. The van der Waals surface area contributed by atoms with Gasteiger partial charge in [-0.15, -0.1) is 6.58 Å². The monoisotopic (exact) mass is 304 g/mol. The topological polar surface area (TPSA) is 36.9 Å². The van der Waals surface area contributed by atoms with Crippen molar-refractivity contribution >= 4 is 9.76 Å². The van der Waals surface area contributed by atoms with Crippen LogP contribution in [0, 0.1) is 0 Å². The highest BCUT2D eigenvalue weighted by atomic mass is 28.2. The molecule has 0 heterocycles. The lowest BCUT2D eigenvalue weighted by molar-refractivity contribution is -0.412. The number of rotatable bonds is 12. The first-order chi connectivity index (χ1) is 9.31. The molecule has 0 rings (SSSR count). The van der Waals surface area contributed by atoms with E-state index in [1.54, 1.807) is 0 Å². The van der Waals surface area contributed by atoms with Crippen LogP contribution in [0.3, 0.4) is 0 Å². The Bertz CT molecular complexity index is 228. The molecule has 0 unspecified atom stereocenters. The van der Waals surface area contributed by atoms with E-state index in [2.05, 4.69) is 6.58 Å². The molecular weight excluding hydrogens is 272 g/mol. The minimum Gasteiger partial charge on any atom is -0.423 e. The van der Waals surface area contributed by atoms with Gasteiger partial charge in [-0.25, -0.2) is 0 Å². The summed E-state index contributed by atoms with van der Waals surface area (Å²) in [6.07, 6.45) is 2.55. The number of ether oxygens (including phenoxy) is 3. The lowest BCUT2D eigenvalue weighted by atomic mass is 10.3. The fourth-order valence-electron chi connectivity index (χ4n) is 1.80. The molecule has 0 atom stereocenters. The maximum Gasteiger partial charge on any atom is 0.285 e. The molecule has 4 nitrogen and oxygen atoms in total. The number of hydrogen-bond donors (Lipinski definition) is 0. The molecule has 0 aromatic rings. The molecule has 0 radical (unpaired) electrons. The molecule has 0 aliphatic carbocycles. The minimum atomic E-state index is -1.01. The van der Waals surface area contributed by atoms with E-state index in [1.165, 1.54) is 0 Å². The molecule has 0 N–H and O–H groups in total. The Balaban J connectivity index is 4.63. The number of hydrogen-bond acceptors (Lipinski definition) is 4. The van der Waals surface area contributed by atoms with Crippen LogP contribution < -0.4 is 0 Å². The van der Waals surface area contributed by atoms with Gasteiger partial charge in [0.15, 0.2) is 9.76 Å². The summed E-state index contributed by atoms with van der Waals surface area (Å²) in [4.78, 5) is 0. The predicted molar refractivity (Wildman–Crippen MR) is 85.5 cm³/mol. The van der Waals surface area contributed by atoms with Crippen molar-refractivity contribution in [2.45, 2.75) is 78.3 Å². The molecule has 0 spiro atoms. The van der Waals surface area contributed by atoms with Crippen LogP contribution in [0.25, 0.3) is 0 Å². The Morgan fingerprint density at radius 2 is 1.40 bits per heavy atom. The van der Waals surface area contributed by atoms with Gasteiger partial charge in [-0.05, 0) is 47.6 Å². The molecule has 5 heteroatoms. The minimum absolute atomic E-state index is 0.0259. The Morgan fingerprint density at radius 3 is 1.75 bits per heavy atom. The highest BCUT2D eigenvalue weighted by Gasteiger charge is 2.36. The van der Waals surface area contributed by atoms with Gasteiger partial charge in [0.05, 0.1) is 24.7 Å².